The summed E-state index contributed by atoms with van der Waals surface area (Å²) in [7, 11) is 2.96. The molecular formula is C30H27F3N4O4. The normalized spacial score (nSPS) is 16.8. The van der Waals surface area contributed by atoms with Gasteiger partial charge in [-0.25, -0.2) is 23.1 Å². The quantitative estimate of drug-likeness (QED) is 0.269. The third-order valence-corrected chi connectivity index (χ3v) is 6.86. The zero-order valence-corrected chi connectivity index (χ0v) is 22.4. The number of methoxy groups -OCH3 is 2. The van der Waals surface area contributed by atoms with Crippen LogP contribution in [0.4, 0.5) is 24.7 Å². The van der Waals surface area contributed by atoms with Gasteiger partial charge in [0.25, 0.3) is 0 Å². The molecule has 1 N–H and O–H groups in total. The number of hydrogen-bond acceptors (Lipinski definition) is 7. The van der Waals surface area contributed by atoms with Crippen molar-refractivity contribution in [2.75, 3.05) is 32.6 Å². The minimum Gasteiger partial charge on any atom is -0.495 e. The first-order valence-corrected chi connectivity index (χ1v) is 12.8. The lowest BCUT2D eigenvalue weighted by atomic mass is 10.0. The maximum absolute atomic E-state index is 15.0. The van der Waals surface area contributed by atoms with Crippen LogP contribution in [-0.2, 0) is 4.79 Å². The van der Waals surface area contributed by atoms with E-state index in [1.807, 2.05) is 0 Å². The summed E-state index contributed by atoms with van der Waals surface area (Å²) in [6.45, 7) is 3.68. The molecule has 41 heavy (non-hydrogen) atoms. The molecule has 0 saturated carbocycles. The van der Waals surface area contributed by atoms with Crippen LogP contribution >= 0.6 is 0 Å². The van der Waals surface area contributed by atoms with E-state index in [4.69, 9.17) is 14.2 Å². The molecule has 1 aromatic heterocycles. The number of fused-ring (bicyclic) bond motifs is 1. The van der Waals surface area contributed by atoms with Crippen LogP contribution in [0, 0.1) is 11.6 Å². The number of likely N-dealkylation sites (tertiary alicyclic amines) is 1. The molecule has 1 saturated heterocycles. The molecule has 5 rings (SSSR count). The lowest BCUT2D eigenvalue weighted by Crippen LogP contribution is -2.48. The van der Waals surface area contributed by atoms with Gasteiger partial charge in [0.1, 0.15) is 35.6 Å². The summed E-state index contributed by atoms with van der Waals surface area (Å²) in [5.74, 6) is -0.241. The summed E-state index contributed by atoms with van der Waals surface area (Å²) in [6.07, 6.45) is 0.581. The van der Waals surface area contributed by atoms with Crippen molar-refractivity contribution < 1.29 is 32.2 Å². The fourth-order valence-electron chi connectivity index (χ4n) is 4.75. The van der Waals surface area contributed by atoms with Crippen molar-refractivity contribution >= 4 is 28.3 Å². The number of anilines is 2. The number of nitrogens with zero attached hydrogens (tertiary/aromatic N) is 3. The van der Waals surface area contributed by atoms with E-state index in [1.54, 1.807) is 30.3 Å². The van der Waals surface area contributed by atoms with Crippen molar-refractivity contribution in [3.63, 3.8) is 0 Å². The number of alkyl halides is 1. The lowest BCUT2D eigenvalue weighted by molar-refractivity contribution is -0.129. The van der Waals surface area contributed by atoms with Gasteiger partial charge in [0, 0.05) is 36.0 Å². The van der Waals surface area contributed by atoms with Gasteiger partial charge in [-0.3, -0.25) is 4.79 Å². The predicted octanol–water partition coefficient (Wildman–Crippen LogP) is 5.84. The predicted molar refractivity (Wildman–Crippen MR) is 148 cm³/mol. The largest absolute Gasteiger partial charge is 0.495 e. The topological polar surface area (TPSA) is 85.8 Å². The monoisotopic (exact) mass is 564 g/mol. The number of piperidine rings is 1. The molecule has 0 radical (unpaired) electrons. The molecule has 11 heteroatoms. The minimum absolute atomic E-state index is 0.105. The second kappa shape index (κ2) is 11.7. The van der Waals surface area contributed by atoms with Gasteiger partial charge < -0.3 is 24.4 Å². The van der Waals surface area contributed by atoms with Crippen LogP contribution < -0.4 is 19.5 Å². The number of carbonyl (C=O) groups is 1. The Hall–Kier alpha value is -4.80. The SMILES string of the molecule is C=CC(=O)N1CC[C@@H](Oc2cc3c(Nc4cc(-c5ccc(F)cc5F)ccc4OC)ncnc3cc2OC)[C@H](F)C1. The third-order valence-electron chi connectivity index (χ3n) is 6.86. The molecule has 1 aliphatic rings. The van der Waals surface area contributed by atoms with Crippen molar-refractivity contribution in [2.45, 2.75) is 18.7 Å². The van der Waals surface area contributed by atoms with Gasteiger partial charge in [0.15, 0.2) is 17.7 Å². The van der Waals surface area contributed by atoms with Crippen molar-refractivity contribution in [3.8, 4) is 28.4 Å². The molecule has 8 nitrogen and oxygen atoms in total. The van der Waals surface area contributed by atoms with Crippen LogP contribution in [0.25, 0.3) is 22.0 Å². The molecule has 0 aliphatic carbocycles. The van der Waals surface area contributed by atoms with Crippen LogP contribution in [0.3, 0.4) is 0 Å². The Labute approximate surface area is 234 Å². The van der Waals surface area contributed by atoms with E-state index in [0.29, 0.717) is 46.0 Å². The van der Waals surface area contributed by atoms with Gasteiger partial charge in [-0.15, -0.1) is 0 Å². The molecule has 212 valence electrons. The van der Waals surface area contributed by atoms with Gasteiger partial charge in [-0.2, -0.15) is 0 Å². The van der Waals surface area contributed by atoms with Crippen LogP contribution in [0.5, 0.6) is 17.2 Å². The van der Waals surface area contributed by atoms with E-state index in [9.17, 15) is 13.6 Å². The molecule has 1 fully saturated rings. The smallest absolute Gasteiger partial charge is 0.246 e. The Bertz CT molecular complexity index is 1620. The first-order chi connectivity index (χ1) is 19.8. The average Bonchev–Trinajstić information content (AvgIpc) is 2.97. The highest BCUT2D eigenvalue weighted by Gasteiger charge is 2.33. The highest BCUT2D eigenvalue weighted by Crippen LogP contribution is 2.39. The van der Waals surface area contributed by atoms with E-state index in [2.05, 4.69) is 21.9 Å². The Kier molecular flexibility index (Phi) is 7.95. The second-order valence-corrected chi connectivity index (χ2v) is 9.36. The van der Waals surface area contributed by atoms with Gasteiger partial charge >= 0.3 is 0 Å². The zero-order valence-electron chi connectivity index (χ0n) is 22.4. The van der Waals surface area contributed by atoms with Crippen LogP contribution in [-0.4, -0.2) is 60.4 Å². The molecule has 1 amide bonds. The summed E-state index contributed by atoms with van der Waals surface area (Å²) >= 11 is 0. The van der Waals surface area contributed by atoms with E-state index in [-0.39, 0.29) is 30.2 Å². The first-order valence-electron chi connectivity index (χ1n) is 12.8. The number of aromatic nitrogens is 2. The standard InChI is InChI=1S/C30H27F3N4O4/c1-4-29(38)37-10-9-25(22(33)15-37)41-28-13-20-23(14-27(28)40-3)34-16-35-30(20)36-24-11-17(5-8-26(24)39-2)19-7-6-18(31)12-21(19)32/h4-8,11-14,16,22,25H,1,9-10,15H2,2-3H3,(H,34,35,36)/t22-,25-/m1/s1. The number of rotatable bonds is 8. The fourth-order valence-corrected chi connectivity index (χ4v) is 4.75. The summed E-state index contributed by atoms with van der Waals surface area (Å²) < 4.78 is 60.1. The number of amides is 1. The van der Waals surface area contributed by atoms with Gasteiger partial charge in [0.05, 0.1) is 32.0 Å². The third kappa shape index (κ3) is 5.74. The Balaban J connectivity index is 1.48. The van der Waals surface area contributed by atoms with Gasteiger partial charge in [-0.1, -0.05) is 12.6 Å². The van der Waals surface area contributed by atoms with Crippen molar-refractivity contribution in [2.24, 2.45) is 0 Å². The number of benzene rings is 3. The van der Waals surface area contributed by atoms with Crippen LogP contribution in [0.15, 0.2) is 67.5 Å². The van der Waals surface area contributed by atoms with Crippen molar-refractivity contribution in [1.82, 2.24) is 14.9 Å². The Morgan fingerprint density at radius 2 is 1.85 bits per heavy atom. The average molecular weight is 565 g/mol. The minimum atomic E-state index is -1.42. The number of ether oxygens (including phenoxy) is 3. The van der Waals surface area contributed by atoms with Gasteiger partial charge in [-0.05, 0) is 42.0 Å². The zero-order chi connectivity index (χ0) is 29.1. The molecule has 0 unspecified atom stereocenters. The highest BCUT2D eigenvalue weighted by molar-refractivity contribution is 5.94. The van der Waals surface area contributed by atoms with E-state index >= 15 is 4.39 Å². The molecule has 3 aromatic carbocycles. The fraction of sp³-hybridized carbons (Fsp3) is 0.233. The van der Waals surface area contributed by atoms with E-state index in [0.717, 1.165) is 12.1 Å². The summed E-state index contributed by atoms with van der Waals surface area (Å²) in [5, 5.41) is 3.75. The number of hydrogen-bond donors (Lipinski definition) is 1. The molecule has 0 bridgehead atoms. The Morgan fingerprint density at radius 1 is 1.05 bits per heavy atom. The molecule has 0 spiro atoms. The first kappa shape index (κ1) is 27.8. The van der Waals surface area contributed by atoms with Crippen molar-refractivity contribution in [1.29, 1.82) is 0 Å². The van der Waals surface area contributed by atoms with Gasteiger partial charge in [0.2, 0.25) is 5.91 Å². The second-order valence-electron chi connectivity index (χ2n) is 9.36. The van der Waals surface area contributed by atoms with Crippen molar-refractivity contribution in [3.05, 3.63) is 79.1 Å². The molecular weight excluding hydrogens is 537 g/mol. The van der Waals surface area contributed by atoms with E-state index < -0.39 is 23.9 Å². The maximum atomic E-state index is 15.0. The molecule has 4 aromatic rings. The molecule has 2 heterocycles. The number of carbonyl (C=O) groups excluding carboxylic acids is 1. The number of halogens is 3. The summed E-state index contributed by atoms with van der Waals surface area (Å²) in [4.78, 5) is 22.0. The maximum Gasteiger partial charge on any atom is 0.246 e. The van der Waals surface area contributed by atoms with Crippen LogP contribution in [0.2, 0.25) is 0 Å². The highest BCUT2D eigenvalue weighted by atomic mass is 19.1. The number of nitrogens with one attached hydrogen (secondary N) is 1. The van der Waals surface area contributed by atoms with E-state index in [1.165, 1.54) is 37.6 Å². The summed E-state index contributed by atoms with van der Waals surface area (Å²) in [5.41, 5.74) is 1.70. The summed E-state index contributed by atoms with van der Waals surface area (Å²) in [6, 6.07) is 11.7. The molecule has 2 atom stereocenters. The molecule has 1 aliphatic heterocycles. The lowest BCUT2D eigenvalue weighted by Gasteiger charge is -2.34. The van der Waals surface area contributed by atoms with Crippen LogP contribution in [0.1, 0.15) is 6.42 Å². The Morgan fingerprint density at radius 3 is 2.56 bits per heavy atom.